The predicted octanol–water partition coefficient (Wildman–Crippen LogP) is 10.9. The summed E-state index contributed by atoms with van der Waals surface area (Å²) >= 11 is 0. The molecular weight excluding hydrogens is 677 g/mol. The molecule has 300 valence electrons. The Labute approximate surface area is 317 Å². The Hall–Kier alpha value is -2.29. The van der Waals surface area contributed by atoms with Crippen LogP contribution in [0.15, 0.2) is 60.8 Å². The number of allylic oxidation sites excluding steroid dienone is 10. The number of carbonyl (C=O) groups excluding carboxylic acids is 2. The minimum Gasteiger partial charge on any atom is -0.462 e. The monoisotopic (exact) mass is 753 g/mol. The van der Waals surface area contributed by atoms with E-state index in [1.807, 2.05) is 21.1 Å². The minimum atomic E-state index is -4.38. The van der Waals surface area contributed by atoms with Gasteiger partial charge in [-0.15, -0.1) is 0 Å². The molecule has 1 N–H and O–H groups in total. The lowest BCUT2D eigenvalue weighted by Crippen LogP contribution is -2.37. The number of carbonyl (C=O) groups is 2. The summed E-state index contributed by atoms with van der Waals surface area (Å²) in [5, 5.41) is 0. The standard InChI is InChI=1S/C42H74NO8P/c1-6-8-10-12-14-16-18-20-21-23-25-27-29-31-33-35-42(45)51-40(39-50-52(46,47)49-37-36-43(3,4)5)38-48-41(44)34-32-30-28-26-24-22-19-17-15-13-11-9-7-2/h8,10,14,16-17,19-21,25,27,40H,6-7,9,11-13,15,18,22-24,26,28-39H2,1-5H3/p+1/b10-8+,16-14+,19-17+,21-20+,27-25+/t40-/m1/s1. The van der Waals surface area contributed by atoms with E-state index in [1.165, 1.54) is 32.1 Å². The number of hydrogen-bond donors (Lipinski definition) is 1. The van der Waals surface area contributed by atoms with Crippen molar-refractivity contribution in [2.45, 2.75) is 148 Å². The summed E-state index contributed by atoms with van der Waals surface area (Å²) in [5.74, 6) is -0.865. The molecule has 0 amide bonds. The van der Waals surface area contributed by atoms with E-state index < -0.39 is 32.5 Å². The van der Waals surface area contributed by atoms with Gasteiger partial charge in [-0.3, -0.25) is 18.6 Å². The number of nitrogens with zero attached hydrogens (tertiary/aromatic N) is 1. The lowest BCUT2D eigenvalue weighted by Gasteiger charge is -2.24. The first kappa shape index (κ1) is 49.7. The average Bonchev–Trinajstić information content (AvgIpc) is 3.09. The Kier molecular flexibility index (Phi) is 33.0. The van der Waals surface area contributed by atoms with Crippen LogP contribution in [0.4, 0.5) is 0 Å². The molecule has 0 aliphatic rings. The van der Waals surface area contributed by atoms with Crippen molar-refractivity contribution in [1.29, 1.82) is 0 Å². The van der Waals surface area contributed by atoms with Crippen LogP contribution in [-0.4, -0.2) is 74.9 Å². The number of hydrogen-bond acceptors (Lipinski definition) is 7. The number of ether oxygens (including phenoxy) is 2. The molecule has 0 saturated carbocycles. The third-order valence-corrected chi connectivity index (χ3v) is 9.02. The average molecular weight is 753 g/mol. The zero-order valence-corrected chi connectivity index (χ0v) is 34.4. The van der Waals surface area contributed by atoms with Gasteiger partial charge in [-0.25, -0.2) is 4.57 Å². The van der Waals surface area contributed by atoms with Gasteiger partial charge in [-0.1, -0.05) is 113 Å². The van der Waals surface area contributed by atoms with Crippen molar-refractivity contribution in [3.05, 3.63) is 60.8 Å². The summed E-state index contributed by atoms with van der Waals surface area (Å²) in [6, 6.07) is 0. The molecular formula is C42H75NO8P+. The number of quaternary nitrogens is 1. The molecule has 0 bridgehead atoms. The third-order valence-electron chi connectivity index (χ3n) is 8.03. The van der Waals surface area contributed by atoms with Crippen molar-refractivity contribution in [3.63, 3.8) is 0 Å². The van der Waals surface area contributed by atoms with Crippen LogP contribution >= 0.6 is 7.82 Å². The number of unbranched alkanes of at least 4 members (excludes halogenated alkanes) is 11. The summed E-state index contributed by atoms with van der Waals surface area (Å²) < 4.78 is 34.1. The smallest absolute Gasteiger partial charge is 0.462 e. The highest BCUT2D eigenvalue weighted by Crippen LogP contribution is 2.43. The molecule has 0 aromatic heterocycles. The van der Waals surface area contributed by atoms with E-state index >= 15 is 0 Å². The molecule has 0 aliphatic heterocycles. The first-order valence-corrected chi connectivity index (χ1v) is 21.5. The molecule has 0 rings (SSSR count). The lowest BCUT2D eigenvalue weighted by molar-refractivity contribution is -0.870. The molecule has 0 fully saturated rings. The number of esters is 2. The van der Waals surface area contributed by atoms with Crippen LogP contribution in [0.3, 0.4) is 0 Å². The van der Waals surface area contributed by atoms with Crippen LogP contribution in [0.25, 0.3) is 0 Å². The molecule has 10 heteroatoms. The number of likely N-dealkylation sites (N-methyl/N-ethyl adjacent to an activating group) is 1. The maximum Gasteiger partial charge on any atom is 0.472 e. The van der Waals surface area contributed by atoms with Crippen molar-refractivity contribution in [2.24, 2.45) is 0 Å². The molecule has 52 heavy (non-hydrogen) atoms. The second kappa shape index (κ2) is 34.5. The van der Waals surface area contributed by atoms with Crippen LogP contribution in [0.1, 0.15) is 142 Å². The summed E-state index contributed by atoms with van der Waals surface area (Å²) in [4.78, 5) is 35.2. The van der Waals surface area contributed by atoms with Gasteiger partial charge in [0.25, 0.3) is 0 Å². The topological polar surface area (TPSA) is 108 Å². The molecule has 9 nitrogen and oxygen atoms in total. The molecule has 0 aromatic rings. The Balaban J connectivity index is 4.52. The minimum absolute atomic E-state index is 0.0197. The maximum atomic E-state index is 12.6. The Morgan fingerprint density at radius 2 is 1.10 bits per heavy atom. The molecule has 0 aromatic carbocycles. The molecule has 0 aliphatic carbocycles. The Morgan fingerprint density at radius 3 is 1.69 bits per heavy atom. The third kappa shape index (κ3) is 37.5. The van der Waals surface area contributed by atoms with Gasteiger partial charge in [-0.2, -0.15) is 0 Å². The maximum absolute atomic E-state index is 12.6. The Morgan fingerprint density at radius 1 is 0.615 bits per heavy atom. The van der Waals surface area contributed by atoms with Gasteiger partial charge in [0.05, 0.1) is 27.7 Å². The van der Waals surface area contributed by atoms with Gasteiger partial charge >= 0.3 is 19.8 Å². The van der Waals surface area contributed by atoms with Crippen LogP contribution in [0.5, 0.6) is 0 Å². The SMILES string of the molecule is CC/C=C/C/C=C/C/C=C/C/C=C/CCCCC(=O)O[C@H](COC(=O)CCCCCCC/C=C/CCCCCC)COP(=O)(O)OCC[N+](C)(C)C. The fourth-order valence-corrected chi connectivity index (χ4v) is 5.62. The second-order valence-electron chi connectivity index (χ2n) is 14.3. The quantitative estimate of drug-likeness (QED) is 0.0224. The normalized spacial score (nSPS) is 14.3. The highest BCUT2D eigenvalue weighted by molar-refractivity contribution is 7.47. The number of rotatable bonds is 35. The first-order chi connectivity index (χ1) is 25.0. The Bertz CT molecular complexity index is 1080. The van der Waals surface area contributed by atoms with Crippen molar-refractivity contribution in [2.75, 3.05) is 47.5 Å². The van der Waals surface area contributed by atoms with E-state index in [-0.39, 0.29) is 26.1 Å². The van der Waals surface area contributed by atoms with Crippen LogP contribution < -0.4 is 0 Å². The highest BCUT2D eigenvalue weighted by Gasteiger charge is 2.27. The summed E-state index contributed by atoms with van der Waals surface area (Å²) in [5.41, 5.74) is 0. The lowest BCUT2D eigenvalue weighted by atomic mass is 10.1. The zero-order chi connectivity index (χ0) is 38.6. The van der Waals surface area contributed by atoms with E-state index in [4.69, 9.17) is 18.5 Å². The van der Waals surface area contributed by atoms with Gasteiger partial charge < -0.3 is 18.9 Å². The second-order valence-corrected chi connectivity index (χ2v) is 15.7. The van der Waals surface area contributed by atoms with Gasteiger partial charge in [0.15, 0.2) is 6.10 Å². The summed E-state index contributed by atoms with van der Waals surface area (Å²) in [7, 11) is 1.43. The van der Waals surface area contributed by atoms with Crippen molar-refractivity contribution < 1.29 is 42.1 Å². The van der Waals surface area contributed by atoms with Crippen LogP contribution in [-0.2, 0) is 32.7 Å². The fraction of sp³-hybridized carbons (Fsp3) is 0.714. The van der Waals surface area contributed by atoms with Gasteiger partial charge in [-0.05, 0) is 77.0 Å². The predicted molar refractivity (Wildman–Crippen MR) is 215 cm³/mol. The first-order valence-electron chi connectivity index (χ1n) is 20.0. The van der Waals surface area contributed by atoms with Gasteiger partial charge in [0.2, 0.25) is 0 Å². The van der Waals surface area contributed by atoms with E-state index in [9.17, 15) is 19.0 Å². The summed E-state index contributed by atoms with van der Waals surface area (Å²) in [6.45, 7) is 4.20. The number of phosphoric ester groups is 1. The van der Waals surface area contributed by atoms with E-state index in [0.29, 0.717) is 17.4 Å². The summed E-state index contributed by atoms with van der Waals surface area (Å²) in [6.07, 6.45) is 39.9. The van der Waals surface area contributed by atoms with Crippen molar-refractivity contribution >= 4 is 19.8 Å². The number of phosphoric acid groups is 1. The molecule has 0 radical (unpaired) electrons. The van der Waals surface area contributed by atoms with E-state index in [2.05, 4.69) is 74.6 Å². The van der Waals surface area contributed by atoms with Crippen molar-refractivity contribution in [3.8, 4) is 0 Å². The molecule has 2 atom stereocenters. The molecule has 0 spiro atoms. The zero-order valence-electron chi connectivity index (χ0n) is 33.5. The highest BCUT2D eigenvalue weighted by atomic mass is 31.2. The van der Waals surface area contributed by atoms with Crippen molar-refractivity contribution in [1.82, 2.24) is 0 Å². The fourth-order valence-electron chi connectivity index (χ4n) is 4.88. The van der Waals surface area contributed by atoms with Crippen LogP contribution in [0, 0.1) is 0 Å². The largest absolute Gasteiger partial charge is 0.472 e. The van der Waals surface area contributed by atoms with Crippen LogP contribution in [0.2, 0.25) is 0 Å². The molecule has 0 heterocycles. The van der Waals surface area contributed by atoms with Gasteiger partial charge in [0, 0.05) is 12.8 Å². The van der Waals surface area contributed by atoms with E-state index in [0.717, 1.165) is 77.0 Å². The van der Waals surface area contributed by atoms with E-state index in [1.54, 1.807) is 0 Å². The molecule has 0 saturated heterocycles. The molecule has 1 unspecified atom stereocenters. The van der Waals surface area contributed by atoms with Gasteiger partial charge in [0.1, 0.15) is 19.8 Å².